The molecule has 0 heterocycles. The summed E-state index contributed by atoms with van der Waals surface area (Å²) < 4.78 is 80.7. The van der Waals surface area contributed by atoms with E-state index in [2.05, 4.69) is 38.0 Å². The average molecular weight is 2160 g/mol. The second-order valence-electron chi connectivity index (χ2n) is 43.9. The van der Waals surface area contributed by atoms with Crippen molar-refractivity contribution in [3.8, 4) is 0 Å². The van der Waals surface area contributed by atoms with Crippen LogP contribution >= 0.6 is 0 Å². The Balaban J connectivity index is -0.000000155. The van der Waals surface area contributed by atoms with Crippen LogP contribution in [0, 0.1) is 70.4 Å². The predicted octanol–water partition coefficient (Wildman–Crippen LogP) is 22.7. The van der Waals surface area contributed by atoms with Gasteiger partial charge in [-0.05, 0) is 300 Å². The Labute approximate surface area is 900 Å². The number of amides is 2. The van der Waals surface area contributed by atoms with Crippen LogP contribution in [0.4, 0.5) is 5.69 Å². The highest BCUT2D eigenvalue weighted by Gasteiger charge is 2.37. The van der Waals surface area contributed by atoms with Gasteiger partial charge in [0.2, 0.25) is 21.8 Å². The molecule has 36 heteroatoms. The Morgan fingerprint density at radius 2 is 0.638 bits per heavy atom. The molecule has 1 aliphatic carbocycles. The minimum absolute atomic E-state index is 0.0234. The molecule has 2 rings (SSSR count). The summed E-state index contributed by atoms with van der Waals surface area (Å²) >= 11 is 0. The average Bonchev–Trinajstić information content (AvgIpc) is 0.838. The second-order valence-corrected chi connectivity index (χ2v) is 45.5. The number of rotatable bonds is 46. The van der Waals surface area contributed by atoms with E-state index in [0.717, 1.165) is 70.6 Å². The van der Waals surface area contributed by atoms with Gasteiger partial charge in [-0.2, -0.15) is 0 Å². The fourth-order valence-electron chi connectivity index (χ4n) is 7.86. The summed E-state index contributed by atoms with van der Waals surface area (Å²) in [7, 11) is 3.76. The van der Waals surface area contributed by atoms with Crippen LogP contribution in [0.15, 0.2) is 54.0 Å². The van der Waals surface area contributed by atoms with Crippen LogP contribution in [0.25, 0.3) is 0 Å². The normalized spacial score (nSPS) is 12.4. The van der Waals surface area contributed by atoms with Gasteiger partial charge in [0, 0.05) is 42.4 Å². The van der Waals surface area contributed by atoms with E-state index in [9.17, 15) is 80.6 Å². The Bertz CT molecular complexity index is 3920. The number of carbonyl (C=O) groups is 14. The van der Waals surface area contributed by atoms with Gasteiger partial charge in [0.25, 0.3) is 0 Å². The maximum Gasteiger partial charge on any atom is 0.333 e. The van der Waals surface area contributed by atoms with Crippen molar-refractivity contribution < 1.29 is 153 Å². The zero-order valence-corrected chi connectivity index (χ0v) is 102. The molecule has 0 aliphatic heterocycles. The van der Waals surface area contributed by atoms with Crippen LogP contribution in [-0.2, 0) is 134 Å². The number of hydrogen-bond donors (Lipinski definition) is 7. The van der Waals surface area contributed by atoms with Gasteiger partial charge in [-0.15, -0.1) is 0 Å². The summed E-state index contributed by atoms with van der Waals surface area (Å²) in [6.07, 6.45) is 17.0. The van der Waals surface area contributed by atoms with Gasteiger partial charge in [-0.3, -0.25) is 62.3 Å². The van der Waals surface area contributed by atoms with Crippen molar-refractivity contribution in [3.63, 3.8) is 0 Å². The van der Waals surface area contributed by atoms with Crippen LogP contribution in [0.3, 0.4) is 0 Å². The third-order valence-electron chi connectivity index (χ3n) is 25.9. The first-order valence-electron chi connectivity index (χ1n) is 52.0. The number of carboxylic acid groups (broad SMARTS) is 3. The minimum Gasteiger partial charge on any atom is -0.481 e. The van der Waals surface area contributed by atoms with Crippen LogP contribution in [0.1, 0.15) is 399 Å². The molecule has 1 aliphatic rings. The molecular formula is C113H213N3O32S. The highest BCUT2D eigenvalue weighted by molar-refractivity contribution is 7.89. The van der Waals surface area contributed by atoms with Crippen LogP contribution in [-0.4, -0.2) is 226 Å². The van der Waals surface area contributed by atoms with Crippen LogP contribution in [0.2, 0.25) is 0 Å². The lowest BCUT2D eigenvalue weighted by Crippen LogP contribution is -2.40. The van der Waals surface area contributed by atoms with Gasteiger partial charge in [-0.1, -0.05) is 143 Å². The van der Waals surface area contributed by atoms with Crippen molar-refractivity contribution in [1.29, 1.82) is 0 Å². The van der Waals surface area contributed by atoms with Crippen molar-refractivity contribution in [3.05, 3.63) is 49.1 Å². The second kappa shape index (κ2) is 82.6. The third-order valence-corrected chi connectivity index (χ3v) is 26.9. The first-order valence-corrected chi connectivity index (χ1v) is 53.5. The summed E-state index contributed by atoms with van der Waals surface area (Å²) in [5, 5.41) is 45.1. The highest BCUT2D eigenvalue weighted by Crippen LogP contribution is 2.31. The number of ether oxygens (including phenoxy) is 12. The van der Waals surface area contributed by atoms with E-state index in [4.69, 9.17) is 63.1 Å². The molecule has 0 radical (unpaired) electrons. The first kappa shape index (κ1) is 163. The standard InChI is InChI=1S/C12H18N2O3S.C12H20O4.C12H22O3.C11H22O4.C9H19NO.C9H18O3.C9H16O2.3C7H14O2.3C6H12O2/c1-4-12(2,3)11(15)14-9-5-7-10(8-6-9)18(13,16)17;1-6-12(4,5)11(14)16-8-7-15-10(13)9(2)3;1-3-12(2,9-13)11(14)15-10-7-5-4-6-8-10;1-5-11(2,3)10(12)15-9-8-14-7-6-13-4;1-6-9(4,5)8(11)10-7(2)3;1-5-9(2,3)8(10)12-7-6-11-4;1-5-7-11-8(10)9(3,4)6-2;3*1-5-7(2,3)6(8)9-4;3*1-4-6(2,3)5(7)8/h5-8H,4H2,1-3H3,(H,14,15)(H2,13,16,17);2,6-8H2,1,3-5H3;10,13H,3-9H2,1-2H3;5-9H2,1-4H3;7H,6H2,1-5H3,(H,10,11);5-7H2,1-4H3;5H,1,6-7H2,2-4H3;3*5H2,1-4H3;3*4H2,1-3H3,(H,7,8). The number of anilines is 1. The number of sulfonamides is 1. The molecule has 1 saturated carbocycles. The number of nitrogens with two attached hydrogens (primary N) is 1. The number of nitrogens with one attached hydrogen (secondary N) is 2. The molecule has 0 saturated heterocycles. The Kier molecular flexibility index (Phi) is 90.2. The quantitative estimate of drug-likeness (QED) is 0.0105. The summed E-state index contributed by atoms with van der Waals surface area (Å²) in [5.41, 5.74) is -4.67. The first-order chi connectivity index (χ1) is 67.8. The van der Waals surface area contributed by atoms with E-state index in [1.807, 2.05) is 228 Å². The molecule has 0 spiro atoms. The molecule has 1 fully saturated rings. The minimum atomic E-state index is -3.69. The number of benzene rings is 1. The lowest BCUT2D eigenvalue weighted by Gasteiger charge is -2.28. The zero-order chi connectivity index (χ0) is 120. The van der Waals surface area contributed by atoms with Gasteiger partial charge in [0.1, 0.15) is 39.1 Å². The van der Waals surface area contributed by atoms with E-state index in [1.165, 1.54) is 52.0 Å². The monoisotopic (exact) mass is 2160 g/mol. The van der Waals surface area contributed by atoms with E-state index in [-0.39, 0.29) is 129 Å². The molecule has 878 valence electrons. The molecule has 2 amide bonds. The van der Waals surface area contributed by atoms with E-state index in [0.29, 0.717) is 96.0 Å². The number of carbonyl (C=O) groups excluding carboxylic acids is 11. The maximum atomic E-state index is 11.9. The number of methoxy groups -OCH3 is 5. The zero-order valence-electron chi connectivity index (χ0n) is 101. The fraction of sp³-hybridized carbons (Fsp3) is 0.788. The van der Waals surface area contributed by atoms with E-state index < -0.39 is 71.8 Å². The van der Waals surface area contributed by atoms with E-state index in [1.54, 1.807) is 75.7 Å². The maximum absolute atomic E-state index is 11.9. The Morgan fingerprint density at radius 1 is 0.376 bits per heavy atom. The molecule has 1 atom stereocenters. The van der Waals surface area contributed by atoms with Gasteiger partial charge in [0.15, 0.2) is 0 Å². The van der Waals surface area contributed by atoms with Crippen molar-refractivity contribution in [2.24, 2.45) is 75.5 Å². The molecule has 0 bridgehead atoms. The number of aliphatic hydroxyl groups is 1. The number of carboxylic acids is 3. The molecule has 35 nitrogen and oxygen atoms in total. The van der Waals surface area contributed by atoms with Gasteiger partial charge in [0.05, 0.1) is 119 Å². The summed E-state index contributed by atoms with van der Waals surface area (Å²) in [6.45, 7) is 86.4. The number of primary sulfonamides is 1. The topological polar surface area (TPSA) is 515 Å². The number of esters is 9. The lowest BCUT2D eigenvalue weighted by molar-refractivity contribution is -0.165. The van der Waals surface area contributed by atoms with Crippen molar-refractivity contribution in [1.82, 2.24) is 5.32 Å². The van der Waals surface area contributed by atoms with Crippen molar-refractivity contribution in [2.75, 3.05) is 107 Å². The molecule has 1 aromatic rings. The van der Waals surface area contributed by atoms with Crippen molar-refractivity contribution in [2.45, 2.75) is 416 Å². The third kappa shape index (κ3) is 79.7. The Morgan fingerprint density at radius 3 is 0.872 bits per heavy atom. The molecule has 8 N–H and O–H groups in total. The molecule has 1 aromatic carbocycles. The molecule has 149 heavy (non-hydrogen) atoms. The Hall–Kier alpha value is -8.97. The van der Waals surface area contributed by atoms with Gasteiger partial charge >= 0.3 is 71.6 Å². The molecule has 1 unspecified atom stereocenters. The van der Waals surface area contributed by atoms with Gasteiger partial charge < -0.3 is 87.9 Å². The number of aliphatic carboxylic acids is 3. The summed E-state index contributed by atoms with van der Waals surface area (Å²) in [6, 6.07) is 6.01. The summed E-state index contributed by atoms with van der Waals surface area (Å²) in [4.78, 5) is 155. The smallest absolute Gasteiger partial charge is 0.333 e. The number of aliphatic hydroxyl groups excluding tert-OH is 1. The van der Waals surface area contributed by atoms with E-state index >= 15 is 0 Å². The van der Waals surface area contributed by atoms with Crippen molar-refractivity contribution >= 4 is 99.2 Å². The van der Waals surface area contributed by atoms with Crippen LogP contribution in [0.5, 0.6) is 0 Å². The largest absolute Gasteiger partial charge is 0.481 e. The lowest BCUT2D eigenvalue weighted by atomic mass is 9.88. The number of hydrogen-bond acceptors (Lipinski definition) is 29. The predicted molar refractivity (Wildman–Crippen MR) is 590 cm³/mol. The molecular weight excluding hydrogens is 1940 g/mol. The van der Waals surface area contributed by atoms with Crippen LogP contribution < -0.4 is 15.8 Å². The summed E-state index contributed by atoms with van der Waals surface area (Å²) in [5.74, 6) is -3.97. The fourth-order valence-corrected chi connectivity index (χ4v) is 8.38. The highest BCUT2D eigenvalue weighted by atomic mass is 32.2. The van der Waals surface area contributed by atoms with Gasteiger partial charge in [-0.25, -0.2) is 18.4 Å². The SMILES string of the molecule is C=C(C)C(=O)OCCOC(=O)C(C)(C)CC.C=CCOC(=O)C(C)(C)CC.CCC(C)(C)C(=O)NC(C)C.CCC(C)(C)C(=O)Nc1ccc(S(N)(=O)=O)cc1.CCC(C)(C)C(=O)O.CCC(C)(C)C(=O)O.CCC(C)(C)C(=O)O.CCC(C)(C)C(=O)OC.CCC(C)(C)C(=O)OC.CCC(C)(C)C(=O)OC.CCC(C)(C)C(=O)OCCOC.CCC(C)(C)C(=O)OCCOCCOC.CCC(C)(CO)C(=O)OC1CCCCC1. The molecule has 0 aromatic heterocycles.